The van der Waals surface area contributed by atoms with Crippen LogP contribution in [0.15, 0.2) is 17.1 Å². The van der Waals surface area contributed by atoms with Crippen LogP contribution in [0.25, 0.3) is 0 Å². The van der Waals surface area contributed by atoms with E-state index >= 15 is 0 Å². The molecular formula is C19H31N3O4. The van der Waals surface area contributed by atoms with E-state index < -0.39 is 0 Å². The SMILES string of the molecule is CN=C(NCCCOCC1CC1)NCc1cc(OC)c(OC)c(OC)c1. The Balaban J connectivity index is 1.77. The zero-order chi connectivity index (χ0) is 18.8. The lowest BCUT2D eigenvalue weighted by Gasteiger charge is -2.16. The Labute approximate surface area is 156 Å². The molecule has 26 heavy (non-hydrogen) atoms. The predicted molar refractivity (Wildman–Crippen MR) is 102 cm³/mol. The highest BCUT2D eigenvalue weighted by molar-refractivity contribution is 5.79. The van der Waals surface area contributed by atoms with Crippen LogP contribution in [-0.2, 0) is 11.3 Å². The molecule has 0 unspecified atom stereocenters. The summed E-state index contributed by atoms with van der Waals surface area (Å²) in [6.45, 7) is 3.11. The molecule has 2 N–H and O–H groups in total. The van der Waals surface area contributed by atoms with Crippen molar-refractivity contribution in [1.82, 2.24) is 10.6 Å². The fraction of sp³-hybridized carbons (Fsp3) is 0.632. The summed E-state index contributed by atoms with van der Waals surface area (Å²) in [5.74, 6) is 3.43. The number of benzene rings is 1. The van der Waals surface area contributed by atoms with Gasteiger partial charge < -0.3 is 29.6 Å². The first-order valence-corrected chi connectivity index (χ1v) is 9.03. The van der Waals surface area contributed by atoms with Crippen LogP contribution in [0.2, 0.25) is 0 Å². The lowest BCUT2D eigenvalue weighted by molar-refractivity contribution is 0.123. The number of aliphatic imine (C=N–C) groups is 1. The average Bonchev–Trinajstić information content (AvgIpc) is 3.50. The average molecular weight is 365 g/mol. The number of hydrogen-bond donors (Lipinski definition) is 2. The van der Waals surface area contributed by atoms with Crippen LogP contribution >= 0.6 is 0 Å². The van der Waals surface area contributed by atoms with Gasteiger partial charge in [0.25, 0.3) is 0 Å². The van der Waals surface area contributed by atoms with Crippen LogP contribution in [0.4, 0.5) is 0 Å². The molecule has 0 radical (unpaired) electrons. The summed E-state index contributed by atoms with van der Waals surface area (Å²) in [5, 5.41) is 6.59. The number of methoxy groups -OCH3 is 3. The number of nitrogens with one attached hydrogen (secondary N) is 2. The van der Waals surface area contributed by atoms with Crippen LogP contribution < -0.4 is 24.8 Å². The van der Waals surface area contributed by atoms with Gasteiger partial charge in [0, 0.05) is 33.4 Å². The first-order valence-electron chi connectivity index (χ1n) is 9.03. The maximum Gasteiger partial charge on any atom is 0.203 e. The van der Waals surface area contributed by atoms with Crippen LogP contribution in [0.5, 0.6) is 17.2 Å². The fourth-order valence-corrected chi connectivity index (χ4v) is 2.56. The van der Waals surface area contributed by atoms with Crippen molar-refractivity contribution >= 4 is 5.96 Å². The summed E-state index contributed by atoms with van der Waals surface area (Å²) in [6, 6.07) is 3.85. The Morgan fingerprint density at radius 2 is 1.77 bits per heavy atom. The summed E-state index contributed by atoms with van der Waals surface area (Å²) in [5.41, 5.74) is 1.01. The first kappa shape index (κ1) is 20.2. The smallest absolute Gasteiger partial charge is 0.203 e. The number of ether oxygens (including phenoxy) is 4. The van der Waals surface area contributed by atoms with Gasteiger partial charge in [-0.25, -0.2) is 0 Å². The van der Waals surface area contributed by atoms with E-state index in [4.69, 9.17) is 18.9 Å². The highest BCUT2D eigenvalue weighted by atomic mass is 16.5. The highest BCUT2D eigenvalue weighted by Gasteiger charge is 2.20. The van der Waals surface area contributed by atoms with Gasteiger partial charge in [0.1, 0.15) is 0 Å². The molecule has 0 bridgehead atoms. The normalized spacial score (nSPS) is 14.1. The molecule has 1 fully saturated rings. The van der Waals surface area contributed by atoms with Crippen LogP contribution in [0.3, 0.4) is 0 Å². The minimum Gasteiger partial charge on any atom is -0.493 e. The van der Waals surface area contributed by atoms with Gasteiger partial charge in [-0.3, -0.25) is 4.99 Å². The third-order valence-corrected chi connectivity index (χ3v) is 4.22. The molecule has 0 spiro atoms. The zero-order valence-electron chi connectivity index (χ0n) is 16.3. The van der Waals surface area contributed by atoms with E-state index in [1.807, 2.05) is 12.1 Å². The van der Waals surface area contributed by atoms with E-state index in [9.17, 15) is 0 Å². The van der Waals surface area contributed by atoms with Crippen molar-refractivity contribution in [3.63, 3.8) is 0 Å². The Morgan fingerprint density at radius 3 is 2.31 bits per heavy atom. The molecule has 1 aliphatic carbocycles. The molecule has 1 aromatic rings. The highest BCUT2D eigenvalue weighted by Crippen LogP contribution is 2.38. The standard InChI is InChI=1S/C19H31N3O4/c1-20-19(21-8-5-9-26-13-14-6-7-14)22-12-15-10-16(23-2)18(25-4)17(11-15)24-3/h10-11,14H,5-9,12-13H2,1-4H3,(H2,20,21,22). The second-order valence-electron chi connectivity index (χ2n) is 6.26. The molecule has 2 rings (SSSR count). The van der Waals surface area contributed by atoms with Crippen molar-refractivity contribution in [2.24, 2.45) is 10.9 Å². The first-order chi connectivity index (χ1) is 12.7. The minimum absolute atomic E-state index is 0.590. The molecule has 0 amide bonds. The van der Waals surface area contributed by atoms with E-state index in [-0.39, 0.29) is 0 Å². The topological polar surface area (TPSA) is 73.3 Å². The van der Waals surface area contributed by atoms with Crippen LogP contribution in [-0.4, -0.2) is 54.1 Å². The number of nitrogens with zero attached hydrogens (tertiary/aromatic N) is 1. The summed E-state index contributed by atoms with van der Waals surface area (Å²) in [4.78, 5) is 4.24. The molecule has 0 aliphatic heterocycles. The molecule has 146 valence electrons. The second-order valence-corrected chi connectivity index (χ2v) is 6.26. The van der Waals surface area contributed by atoms with Gasteiger partial charge in [0.2, 0.25) is 5.75 Å². The number of hydrogen-bond acceptors (Lipinski definition) is 5. The third kappa shape index (κ3) is 6.29. The van der Waals surface area contributed by atoms with Crippen molar-refractivity contribution in [1.29, 1.82) is 0 Å². The predicted octanol–water partition coefficient (Wildman–Crippen LogP) is 2.19. The fourth-order valence-electron chi connectivity index (χ4n) is 2.56. The van der Waals surface area contributed by atoms with E-state index in [0.717, 1.165) is 43.6 Å². The molecule has 7 nitrogen and oxygen atoms in total. The monoisotopic (exact) mass is 365 g/mol. The number of rotatable bonds is 11. The van der Waals surface area contributed by atoms with Crippen molar-refractivity contribution in [3.05, 3.63) is 17.7 Å². The third-order valence-electron chi connectivity index (χ3n) is 4.22. The Morgan fingerprint density at radius 1 is 1.08 bits per heavy atom. The Kier molecular flexibility index (Phi) is 8.34. The van der Waals surface area contributed by atoms with Crippen molar-refractivity contribution in [3.8, 4) is 17.2 Å². The molecule has 0 aromatic heterocycles. The van der Waals surface area contributed by atoms with E-state index in [2.05, 4.69) is 15.6 Å². The molecule has 0 atom stereocenters. The van der Waals surface area contributed by atoms with E-state index in [0.29, 0.717) is 23.8 Å². The summed E-state index contributed by atoms with van der Waals surface area (Å²) in [7, 11) is 6.58. The van der Waals surface area contributed by atoms with Crippen LogP contribution in [0.1, 0.15) is 24.8 Å². The Hall–Kier alpha value is -2.15. The maximum atomic E-state index is 5.64. The van der Waals surface area contributed by atoms with Gasteiger partial charge in [-0.1, -0.05) is 0 Å². The van der Waals surface area contributed by atoms with Gasteiger partial charge in [-0.05, 0) is 42.9 Å². The summed E-state index contributed by atoms with van der Waals surface area (Å²) >= 11 is 0. The van der Waals surface area contributed by atoms with Gasteiger partial charge in [0.05, 0.1) is 21.3 Å². The summed E-state index contributed by atoms with van der Waals surface area (Å²) in [6.07, 6.45) is 3.61. The lowest BCUT2D eigenvalue weighted by atomic mass is 10.2. The Bertz CT molecular complexity index is 563. The van der Waals surface area contributed by atoms with Gasteiger partial charge >= 0.3 is 0 Å². The minimum atomic E-state index is 0.590. The lowest BCUT2D eigenvalue weighted by Crippen LogP contribution is -2.37. The molecule has 1 aromatic carbocycles. The largest absolute Gasteiger partial charge is 0.493 e. The maximum absolute atomic E-state index is 5.64. The van der Waals surface area contributed by atoms with Gasteiger partial charge in [-0.15, -0.1) is 0 Å². The molecule has 1 saturated carbocycles. The van der Waals surface area contributed by atoms with E-state index in [1.165, 1.54) is 12.8 Å². The zero-order valence-corrected chi connectivity index (χ0v) is 16.3. The quantitative estimate of drug-likeness (QED) is 0.356. The van der Waals surface area contributed by atoms with Crippen molar-refractivity contribution in [2.75, 3.05) is 48.1 Å². The second kappa shape index (κ2) is 10.8. The molecule has 7 heteroatoms. The molecule has 0 saturated heterocycles. The number of guanidine groups is 1. The van der Waals surface area contributed by atoms with Crippen molar-refractivity contribution < 1.29 is 18.9 Å². The summed E-state index contributed by atoms with van der Waals surface area (Å²) < 4.78 is 21.7. The van der Waals surface area contributed by atoms with Crippen molar-refractivity contribution in [2.45, 2.75) is 25.8 Å². The molecule has 0 heterocycles. The molecule has 1 aliphatic rings. The molecular weight excluding hydrogens is 334 g/mol. The van der Waals surface area contributed by atoms with Gasteiger partial charge in [0.15, 0.2) is 17.5 Å². The van der Waals surface area contributed by atoms with Crippen LogP contribution in [0, 0.1) is 5.92 Å². The van der Waals surface area contributed by atoms with Gasteiger partial charge in [-0.2, -0.15) is 0 Å². The van der Waals surface area contributed by atoms with E-state index in [1.54, 1.807) is 28.4 Å².